The first-order valence-corrected chi connectivity index (χ1v) is 11.0. The van der Waals surface area contributed by atoms with Crippen molar-refractivity contribution in [2.75, 3.05) is 34.0 Å². The Morgan fingerprint density at radius 3 is 2.00 bits per heavy atom. The quantitative estimate of drug-likeness (QED) is 0.304. The summed E-state index contributed by atoms with van der Waals surface area (Å²) >= 11 is 0. The fourth-order valence-corrected chi connectivity index (χ4v) is 3.27. The van der Waals surface area contributed by atoms with Gasteiger partial charge in [0.15, 0.2) is 11.5 Å². The number of carbonyl (C=O) groups is 4. The molecule has 2 rings (SSSR count). The lowest BCUT2D eigenvalue weighted by Crippen LogP contribution is -2.58. The third-order valence-corrected chi connectivity index (χ3v) is 5.22. The number of carbonyl (C=O) groups excluding carboxylic acids is 4. The van der Waals surface area contributed by atoms with Gasteiger partial charge in [0.25, 0.3) is 5.91 Å². The second-order valence-electron chi connectivity index (χ2n) is 8.90. The highest BCUT2D eigenvalue weighted by molar-refractivity contribution is 5.99. The molecular weight excluding hydrogens is 448 g/mol. The molecule has 1 aliphatic heterocycles. The third kappa shape index (κ3) is 7.61. The molecule has 1 unspecified atom stereocenters. The molecule has 3 N–H and O–H groups in total. The minimum atomic E-state index is -1.12. The number of rotatable bonds is 14. The summed E-state index contributed by atoms with van der Waals surface area (Å²) in [6.07, 6.45) is 0.413. The Morgan fingerprint density at radius 1 is 1.03 bits per heavy atom. The van der Waals surface area contributed by atoms with E-state index in [1.165, 1.54) is 20.3 Å². The van der Waals surface area contributed by atoms with Crippen LogP contribution in [0.25, 0.3) is 0 Å². The van der Waals surface area contributed by atoms with Crippen LogP contribution in [-0.2, 0) is 28.6 Å². The number of nitrogens with zero attached hydrogens (tertiary/aromatic N) is 1. The molecule has 34 heavy (non-hydrogen) atoms. The van der Waals surface area contributed by atoms with Crippen LogP contribution in [0.15, 0.2) is 10.6 Å². The monoisotopic (exact) mass is 482 g/mol. The molecular formula is C22H34N4O8. The van der Waals surface area contributed by atoms with Crippen LogP contribution in [0.4, 0.5) is 0 Å². The highest BCUT2D eigenvalue weighted by Crippen LogP contribution is 2.29. The van der Waals surface area contributed by atoms with Crippen molar-refractivity contribution in [3.8, 4) is 0 Å². The van der Waals surface area contributed by atoms with Crippen LogP contribution in [-0.4, -0.2) is 86.4 Å². The van der Waals surface area contributed by atoms with Crippen LogP contribution in [0.5, 0.6) is 0 Å². The Balaban J connectivity index is 2.08. The third-order valence-electron chi connectivity index (χ3n) is 5.22. The molecule has 0 bridgehead atoms. The number of aryl methyl sites for hydroxylation is 1. The van der Waals surface area contributed by atoms with Gasteiger partial charge >= 0.3 is 0 Å². The van der Waals surface area contributed by atoms with Crippen molar-refractivity contribution in [3.05, 3.63) is 17.5 Å². The summed E-state index contributed by atoms with van der Waals surface area (Å²) in [7, 11) is 2.75. The SMILES string of the molecule is COC[C@H](NC(=O)c1cc(C)on1)C(=O)N[C@@H](COC)C(=O)N[C@@H](CC(C)C)C(=O)C1(C)CO1. The van der Waals surface area contributed by atoms with Crippen LogP contribution in [0.3, 0.4) is 0 Å². The molecule has 12 nitrogen and oxygen atoms in total. The van der Waals surface area contributed by atoms with Gasteiger partial charge in [-0.25, -0.2) is 0 Å². The maximum Gasteiger partial charge on any atom is 0.274 e. The summed E-state index contributed by atoms with van der Waals surface area (Å²) in [6, 6.07) is -1.58. The lowest BCUT2D eigenvalue weighted by molar-refractivity contribution is -0.134. The van der Waals surface area contributed by atoms with E-state index in [0.717, 1.165) is 0 Å². The van der Waals surface area contributed by atoms with Gasteiger partial charge in [0, 0.05) is 20.3 Å². The first-order valence-electron chi connectivity index (χ1n) is 11.0. The number of amides is 3. The average Bonchev–Trinajstić information content (AvgIpc) is 3.37. The molecule has 1 fully saturated rings. The van der Waals surface area contributed by atoms with Crippen molar-refractivity contribution in [2.45, 2.75) is 57.8 Å². The second-order valence-corrected chi connectivity index (χ2v) is 8.90. The van der Waals surface area contributed by atoms with Crippen LogP contribution in [0, 0.1) is 12.8 Å². The van der Waals surface area contributed by atoms with Gasteiger partial charge in [0.2, 0.25) is 11.8 Å². The number of hydrogen-bond donors (Lipinski definition) is 3. The number of methoxy groups -OCH3 is 2. The van der Waals surface area contributed by atoms with E-state index in [2.05, 4.69) is 21.1 Å². The van der Waals surface area contributed by atoms with Gasteiger partial charge in [-0.2, -0.15) is 0 Å². The molecule has 2 heterocycles. The number of epoxide rings is 1. The Kier molecular flexibility index (Phi) is 9.71. The van der Waals surface area contributed by atoms with Gasteiger partial charge in [0.1, 0.15) is 23.4 Å². The van der Waals surface area contributed by atoms with E-state index in [-0.39, 0.29) is 30.6 Å². The summed E-state index contributed by atoms with van der Waals surface area (Å²) in [6.45, 7) is 7.18. The first-order chi connectivity index (χ1) is 16.0. The number of nitrogens with one attached hydrogen (secondary N) is 3. The Hall–Kier alpha value is -2.83. The Morgan fingerprint density at radius 2 is 1.56 bits per heavy atom. The Bertz CT molecular complexity index is 880. The topological polar surface area (TPSA) is 161 Å². The number of ether oxygens (including phenoxy) is 3. The van der Waals surface area contributed by atoms with E-state index < -0.39 is 41.4 Å². The first kappa shape index (κ1) is 27.4. The summed E-state index contributed by atoms with van der Waals surface area (Å²) in [4.78, 5) is 51.1. The maximum atomic E-state index is 13.0. The largest absolute Gasteiger partial charge is 0.382 e. The zero-order chi connectivity index (χ0) is 25.5. The van der Waals surface area contributed by atoms with E-state index in [1.807, 2.05) is 13.8 Å². The van der Waals surface area contributed by atoms with E-state index >= 15 is 0 Å². The Labute approximate surface area is 198 Å². The number of ketones is 1. The van der Waals surface area contributed by atoms with Crippen molar-refractivity contribution in [1.29, 1.82) is 0 Å². The van der Waals surface area contributed by atoms with E-state index in [4.69, 9.17) is 18.7 Å². The zero-order valence-electron chi connectivity index (χ0n) is 20.4. The van der Waals surface area contributed by atoms with E-state index in [1.54, 1.807) is 13.8 Å². The van der Waals surface area contributed by atoms with Crippen molar-refractivity contribution in [1.82, 2.24) is 21.1 Å². The molecule has 1 aliphatic rings. The van der Waals surface area contributed by atoms with Gasteiger partial charge in [-0.15, -0.1) is 0 Å². The number of hydrogen-bond acceptors (Lipinski definition) is 9. The minimum absolute atomic E-state index is 0.00316. The van der Waals surface area contributed by atoms with Crippen LogP contribution in [0.2, 0.25) is 0 Å². The van der Waals surface area contributed by atoms with Crippen LogP contribution >= 0.6 is 0 Å². The van der Waals surface area contributed by atoms with Gasteiger partial charge in [-0.1, -0.05) is 19.0 Å². The highest BCUT2D eigenvalue weighted by Gasteiger charge is 2.50. The van der Waals surface area contributed by atoms with Gasteiger partial charge < -0.3 is 34.7 Å². The van der Waals surface area contributed by atoms with Crippen molar-refractivity contribution >= 4 is 23.5 Å². The molecule has 3 amide bonds. The van der Waals surface area contributed by atoms with E-state index in [9.17, 15) is 19.2 Å². The van der Waals surface area contributed by atoms with Crippen LogP contribution in [0.1, 0.15) is 43.4 Å². The molecule has 0 spiro atoms. The van der Waals surface area contributed by atoms with Crippen LogP contribution < -0.4 is 16.0 Å². The summed E-state index contributed by atoms with van der Waals surface area (Å²) in [5.74, 6) is -1.55. The molecule has 0 saturated carbocycles. The van der Waals surface area contributed by atoms with Crippen molar-refractivity contribution < 1.29 is 37.9 Å². The highest BCUT2D eigenvalue weighted by atomic mass is 16.6. The summed E-state index contributed by atoms with van der Waals surface area (Å²) < 4.78 is 20.3. The zero-order valence-corrected chi connectivity index (χ0v) is 20.4. The molecule has 12 heteroatoms. The predicted molar refractivity (Wildman–Crippen MR) is 119 cm³/mol. The summed E-state index contributed by atoms with van der Waals surface area (Å²) in [5, 5.41) is 11.4. The van der Waals surface area contributed by atoms with Crippen molar-refractivity contribution in [3.63, 3.8) is 0 Å². The predicted octanol–water partition coefficient (Wildman–Crippen LogP) is -0.252. The lowest BCUT2D eigenvalue weighted by atomic mass is 9.93. The normalized spacial score (nSPS) is 19.7. The molecule has 1 aromatic rings. The van der Waals surface area contributed by atoms with Gasteiger partial charge in [-0.05, 0) is 26.2 Å². The molecule has 4 atom stereocenters. The average molecular weight is 483 g/mol. The molecule has 1 aromatic heterocycles. The minimum Gasteiger partial charge on any atom is -0.382 e. The molecule has 1 saturated heterocycles. The molecule has 0 aromatic carbocycles. The second kappa shape index (κ2) is 12.0. The molecule has 0 radical (unpaired) electrons. The number of Topliss-reactive ketones (excluding diaryl/α,β-unsaturated/α-hetero) is 1. The smallest absolute Gasteiger partial charge is 0.274 e. The van der Waals surface area contributed by atoms with Gasteiger partial charge in [0.05, 0.1) is 25.9 Å². The standard InChI is InChI=1S/C22H34N4O8/c1-12(2)7-14(18(27)22(4)11-33-22)23-20(29)16(9-31-5)25-21(30)17(10-32-6)24-19(28)15-8-13(3)34-26-15/h8,12,14,16-17H,7,9-11H2,1-6H3,(H,23,29)(H,24,28)(H,25,30)/t14-,16-,17-,22?/m0/s1. The molecule has 190 valence electrons. The lowest BCUT2D eigenvalue weighted by Gasteiger charge is -2.26. The fourth-order valence-electron chi connectivity index (χ4n) is 3.27. The van der Waals surface area contributed by atoms with Gasteiger partial charge in [-0.3, -0.25) is 19.2 Å². The fraction of sp³-hybridized carbons (Fsp3) is 0.682. The maximum absolute atomic E-state index is 13.0. The number of aromatic nitrogens is 1. The molecule has 0 aliphatic carbocycles. The van der Waals surface area contributed by atoms with Crippen molar-refractivity contribution in [2.24, 2.45) is 5.92 Å². The van der Waals surface area contributed by atoms with E-state index in [0.29, 0.717) is 18.8 Å². The summed E-state index contributed by atoms with van der Waals surface area (Å²) in [5.41, 5.74) is -0.899.